The van der Waals surface area contributed by atoms with Crippen molar-refractivity contribution >= 4 is 33.6 Å². The molecule has 0 aromatic heterocycles. The molecule has 2 aromatic carbocycles. The molecule has 174 valence electrons. The van der Waals surface area contributed by atoms with Crippen LogP contribution in [0.3, 0.4) is 0 Å². The summed E-state index contributed by atoms with van der Waals surface area (Å²) in [5.41, 5.74) is 3.62. The number of benzene rings is 2. The lowest BCUT2D eigenvalue weighted by Crippen LogP contribution is -2.31. The topological polar surface area (TPSA) is 105 Å². The fourth-order valence-corrected chi connectivity index (χ4v) is 3.70. The maximum absolute atomic E-state index is 12.5. The van der Waals surface area contributed by atoms with Crippen LogP contribution in [0.4, 0.5) is 5.69 Å². The van der Waals surface area contributed by atoms with E-state index in [0.29, 0.717) is 17.0 Å². The van der Waals surface area contributed by atoms with Gasteiger partial charge in [-0.15, -0.1) is 0 Å². The molecule has 1 aliphatic heterocycles. The van der Waals surface area contributed by atoms with E-state index in [4.69, 9.17) is 4.74 Å². The SMILES string of the molecule is COc1c(-c2ccc(/C=N/NS(C)(=O)=O)cc2)cc(N2C=CC(=O)CC2=O)cc1C(C)(C)C. The van der Waals surface area contributed by atoms with Crippen molar-refractivity contribution in [3.63, 3.8) is 0 Å². The Labute approximate surface area is 194 Å². The number of sulfonamides is 1. The van der Waals surface area contributed by atoms with E-state index < -0.39 is 10.0 Å². The minimum atomic E-state index is -3.42. The Hall–Kier alpha value is -3.46. The van der Waals surface area contributed by atoms with E-state index in [-0.39, 0.29) is 23.5 Å². The van der Waals surface area contributed by atoms with E-state index in [0.717, 1.165) is 22.9 Å². The highest BCUT2D eigenvalue weighted by molar-refractivity contribution is 7.88. The number of methoxy groups -OCH3 is 1. The second kappa shape index (κ2) is 9.19. The summed E-state index contributed by atoms with van der Waals surface area (Å²) >= 11 is 0. The van der Waals surface area contributed by atoms with Crippen molar-refractivity contribution in [2.24, 2.45) is 5.10 Å². The van der Waals surface area contributed by atoms with Gasteiger partial charge < -0.3 is 4.74 Å². The van der Waals surface area contributed by atoms with Crippen LogP contribution >= 0.6 is 0 Å². The fraction of sp³-hybridized carbons (Fsp3) is 0.292. The van der Waals surface area contributed by atoms with Crippen molar-refractivity contribution < 1.29 is 22.7 Å². The number of hydrazone groups is 1. The van der Waals surface area contributed by atoms with Crippen molar-refractivity contribution in [1.82, 2.24) is 4.83 Å². The molecular formula is C24H27N3O5S. The van der Waals surface area contributed by atoms with Crippen LogP contribution in [0.2, 0.25) is 0 Å². The summed E-state index contributed by atoms with van der Waals surface area (Å²) in [6.07, 6.45) is 5.17. The number of hydrogen-bond donors (Lipinski definition) is 1. The minimum Gasteiger partial charge on any atom is -0.496 e. The molecule has 0 bridgehead atoms. The second-order valence-corrected chi connectivity index (χ2v) is 10.5. The molecule has 0 saturated carbocycles. The molecule has 1 amide bonds. The zero-order chi connectivity index (χ0) is 24.4. The number of nitrogens with zero attached hydrogens (tertiary/aromatic N) is 2. The first-order valence-electron chi connectivity index (χ1n) is 10.2. The van der Waals surface area contributed by atoms with Gasteiger partial charge in [0.1, 0.15) is 5.75 Å². The van der Waals surface area contributed by atoms with Crippen LogP contribution in [-0.4, -0.2) is 39.7 Å². The molecule has 1 heterocycles. The van der Waals surface area contributed by atoms with E-state index in [9.17, 15) is 18.0 Å². The number of carbonyl (C=O) groups is 2. The number of anilines is 1. The summed E-state index contributed by atoms with van der Waals surface area (Å²) < 4.78 is 28.1. The molecule has 0 fully saturated rings. The summed E-state index contributed by atoms with van der Waals surface area (Å²) in [5, 5.41) is 3.72. The Morgan fingerprint density at radius 3 is 2.33 bits per heavy atom. The average Bonchev–Trinajstić information content (AvgIpc) is 2.72. The zero-order valence-corrected chi connectivity index (χ0v) is 20.1. The molecule has 33 heavy (non-hydrogen) atoms. The van der Waals surface area contributed by atoms with Gasteiger partial charge in [0.25, 0.3) is 0 Å². The van der Waals surface area contributed by atoms with Crippen LogP contribution in [0.5, 0.6) is 5.75 Å². The normalized spacial score (nSPS) is 14.8. The van der Waals surface area contributed by atoms with Gasteiger partial charge in [-0.2, -0.15) is 5.10 Å². The smallest absolute Gasteiger partial charge is 0.244 e. The predicted octanol–water partition coefficient (Wildman–Crippen LogP) is 3.36. The number of ketones is 1. The van der Waals surface area contributed by atoms with Crippen molar-refractivity contribution in [2.75, 3.05) is 18.3 Å². The summed E-state index contributed by atoms with van der Waals surface area (Å²) in [7, 11) is -1.81. The number of nitrogens with one attached hydrogen (secondary N) is 1. The molecule has 8 nitrogen and oxygen atoms in total. The second-order valence-electron chi connectivity index (χ2n) is 8.79. The standard InChI is InChI=1S/C24H27N3O5S/c1-24(2,3)21-13-18(27-11-10-19(28)14-22(27)29)12-20(23(21)32-4)17-8-6-16(7-9-17)15-25-26-33(5,30)31/h6-13,15,26H,14H2,1-5H3/b25-15+. The summed E-state index contributed by atoms with van der Waals surface area (Å²) in [6.45, 7) is 6.18. The first-order valence-corrected chi connectivity index (χ1v) is 12.1. The van der Waals surface area contributed by atoms with Gasteiger partial charge >= 0.3 is 0 Å². The van der Waals surface area contributed by atoms with Crippen LogP contribution in [0.1, 0.15) is 38.3 Å². The monoisotopic (exact) mass is 469 g/mol. The van der Waals surface area contributed by atoms with Crippen molar-refractivity contribution in [3.8, 4) is 16.9 Å². The molecular weight excluding hydrogens is 442 g/mol. The highest BCUT2D eigenvalue weighted by Gasteiger charge is 2.27. The lowest BCUT2D eigenvalue weighted by Gasteiger charge is -2.28. The maximum atomic E-state index is 12.5. The van der Waals surface area contributed by atoms with Gasteiger partial charge in [-0.25, -0.2) is 13.2 Å². The molecule has 1 N–H and O–H groups in total. The molecule has 0 spiro atoms. The van der Waals surface area contributed by atoms with Crippen LogP contribution in [-0.2, 0) is 25.0 Å². The van der Waals surface area contributed by atoms with Gasteiger partial charge in [-0.3, -0.25) is 14.5 Å². The highest BCUT2D eigenvalue weighted by atomic mass is 32.2. The third-order valence-electron chi connectivity index (χ3n) is 5.02. The van der Waals surface area contributed by atoms with Gasteiger partial charge in [-0.05, 0) is 34.8 Å². The van der Waals surface area contributed by atoms with Gasteiger partial charge in [0.05, 0.1) is 26.0 Å². The zero-order valence-electron chi connectivity index (χ0n) is 19.2. The maximum Gasteiger partial charge on any atom is 0.244 e. The number of allylic oxidation sites excluding steroid dienone is 1. The summed E-state index contributed by atoms with van der Waals surface area (Å²) in [6, 6.07) is 11.1. The van der Waals surface area contributed by atoms with Crippen molar-refractivity contribution in [3.05, 3.63) is 59.8 Å². The minimum absolute atomic E-state index is 0.168. The Bertz CT molecular complexity index is 1240. The van der Waals surface area contributed by atoms with E-state index in [1.807, 2.05) is 24.3 Å². The van der Waals surface area contributed by atoms with E-state index in [2.05, 4.69) is 30.7 Å². The molecule has 0 unspecified atom stereocenters. The quantitative estimate of drug-likeness (QED) is 0.397. The third-order valence-corrected chi connectivity index (χ3v) is 5.46. The van der Waals surface area contributed by atoms with Gasteiger partial charge in [0.15, 0.2) is 5.78 Å². The number of carbonyl (C=O) groups excluding carboxylic acids is 2. The van der Waals surface area contributed by atoms with Gasteiger partial charge in [0.2, 0.25) is 15.9 Å². The van der Waals surface area contributed by atoms with Gasteiger partial charge in [0, 0.05) is 23.0 Å². The number of rotatable bonds is 6. The Morgan fingerprint density at radius 2 is 1.79 bits per heavy atom. The molecule has 1 aliphatic rings. The van der Waals surface area contributed by atoms with Gasteiger partial charge in [-0.1, -0.05) is 45.0 Å². The molecule has 0 radical (unpaired) electrons. The largest absolute Gasteiger partial charge is 0.496 e. The number of ether oxygens (including phenoxy) is 1. The predicted molar refractivity (Wildman–Crippen MR) is 129 cm³/mol. The van der Waals surface area contributed by atoms with Crippen LogP contribution < -0.4 is 14.5 Å². The Kier molecular flexibility index (Phi) is 6.73. The van der Waals surface area contributed by atoms with Crippen LogP contribution in [0.15, 0.2) is 53.8 Å². The molecule has 0 saturated heterocycles. The Morgan fingerprint density at radius 1 is 1.12 bits per heavy atom. The first kappa shape index (κ1) is 24.2. The molecule has 3 rings (SSSR count). The molecule has 0 atom stereocenters. The Balaban J connectivity index is 2.09. The van der Waals surface area contributed by atoms with E-state index in [1.165, 1.54) is 23.4 Å². The molecule has 0 aliphatic carbocycles. The van der Waals surface area contributed by atoms with Crippen LogP contribution in [0, 0.1) is 0 Å². The fourth-order valence-electron chi connectivity index (χ4n) is 3.45. The first-order chi connectivity index (χ1) is 15.4. The lowest BCUT2D eigenvalue weighted by atomic mass is 9.83. The average molecular weight is 470 g/mol. The summed E-state index contributed by atoms with van der Waals surface area (Å²) in [5.74, 6) is 0.183. The van der Waals surface area contributed by atoms with Crippen LogP contribution in [0.25, 0.3) is 11.1 Å². The van der Waals surface area contributed by atoms with Crippen molar-refractivity contribution in [2.45, 2.75) is 32.6 Å². The van der Waals surface area contributed by atoms with E-state index >= 15 is 0 Å². The third kappa shape index (κ3) is 5.87. The van der Waals surface area contributed by atoms with Crippen molar-refractivity contribution in [1.29, 1.82) is 0 Å². The molecule has 2 aromatic rings. The highest BCUT2D eigenvalue weighted by Crippen LogP contribution is 2.42. The number of amides is 1. The summed E-state index contributed by atoms with van der Waals surface area (Å²) in [4.78, 5) is 27.7. The molecule has 9 heteroatoms. The number of hydrogen-bond acceptors (Lipinski definition) is 6. The lowest BCUT2D eigenvalue weighted by molar-refractivity contribution is -0.124. The van der Waals surface area contributed by atoms with E-state index in [1.54, 1.807) is 19.2 Å².